The Labute approximate surface area is 121 Å². The molecule has 20 heavy (non-hydrogen) atoms. The van der Waals surface area contributed by atoms with E-state index in [-0.39, 0.29) is 18.0 Å². The SMILES string of the molecule is C=CCSc1nnc(NC(=O)C2(CC(F)(F)F)CC2)s1. The summed E-state index contributed by atoms with van der Waals surface area (Å²) in [7, 11) is 0. The van der Waals surface area contributed by atoms with Crippen LogP contribution in [0.25, 0.3) is 0 Å². The number of aromatic nitrogens is 2. The zero-order valence-electron chi connectivity index (χ0n) is 10.4. The van der Waals surface area contributed by atoms with Crippen LogP contribution in [-0.4, -0.2) is 28.0 Å². The summed E-state index contributed by atoms with van der Waals surface area (Å²) in [5, 5.41) is 10.2. The van der Waals surface area contributed by atoms with Crippen molar-refractivity contribution in [2.24, 2.45) is 5.41 Å². The minimum atomic E-state index is -4.33. The zero-order valence-corrected chi connectivity index (χ0v) is 12.0. The first-order valence-electron chi connectivity index (χ1n) is 5.80. The van der Waals surface area contributed by atoms with E-state index >= 15 is 0 Å². The fourth-order valence-electron chi connectivity index (χ4n) is 1.70. The number of halogens is 3. The Hall–Kier alpha value is -1.09. The summed E-state index contributed by atoms with van der Waals surface area (Å²) >= 11 is 2.54. The Kier molecular flexibility index (Phi) is 4.38. The van der Waals surface area contributed by atoms with Gasteiger partial charge in [0.25, 0.3) is 0 Å². The average Bonchev–Trinajstić information content (AvgIpc) is 2.97. The van der Waals surface area contributed by atoms with Crippen LogP contribution in [0.1, 0.15) is 19.3 Å². The number of nitrogens with zero attached hydrogens (tertiary/aromatic N) is 2. The van der Waals surface area contributed by atoms with Crippen LogP contribution in [0.4, 0.5) is 18.3 Å². The summed E-state index contributed by atoms with van der Waals surface area (Å²) < 4.78 is 37.9. The molecule has 0 unspecified atom stereocenters. The third kappa shape index (κ3) is 3.95. The summed E-state index contributed by atoms with van der Waals surface area (Å²) in [5.74, 6) is 0.0341. The summed E-state index contributed by atoms with van der Waals surface area (Å²) in [6.07, 6.45) is -3.19. The summed E-state index contributed by atoms with van der Waals surface area (Å²) in [6, 6.07) is 0. The molecular formula is C11H12F3N3OS2. The van der Waals surface area contributed by atoms with Crippen LogP contribution < -0.4 is 5.32 Å². The quantitative estimate of drug-likeness (QED) is 0.495. The minimum absolute atomic E-state index is 0.231. The molecule has 1 aliphatic carbocycles. The first-order chi connectivity index (χ1) is 9.35. The van der Waals surface area contributed by atoms with Crippen LogP contribution in [0.5, 0.6) is 0 Å². The van der Waals surface area contributed by atoms with Crippen molar-refractivity contribution in [3.8, 4) is 0 Å². The van der Waals surface area contributed by atoms with Crippen LogP contribution in [0, 0.1) is 5.41 Å². The van der Waals surface area contributed by atoms with E-state index in [0.717, 1.165) is 11.3 Å². The maximum absolute atomic E-state index is 12.4. The lowest BCUT2D eigenvalue weighted by atomic mass is 10.0. The van der Waals surface area contributed by atoms with Gasteiger partial charge in [0.1, 0.15) is 0 Å². The first-order valence-corrected chi connectivity index (χ1v) is 7.60. The molecule has 2 rings (SSSR count). The number of thioether (sulfide) groups is 1. The smallest absolute Gasteiger partial charge is 0.300 e. The van der Waals surface area contributed by atoms with Gasteiger partial charge in [-0.1, -0.05) is 29.2 Å². The molecule has 9 heteroatoms. The van der Waals surface area contributed by atoms with E-state index in [4.69, 9.17) is 0 Å². The van der Waals surface area contributed by atoms with Gasteiger partial charge in [-0.3, -0.25) is 4.79 Å². The van der Waals surface area contributed by atoms with Crippen molar-refractivity contribution >= 4 is 34.1 Å². The Morgan fingerprint density at radius 3 is 2.75 bits per heavy atom. The van der Waals surface area contributed by atoms with Gasteiger partial charge >= 0.3 is 6.18 Å². The molecule has 4 nitrogen and oxygen atoms in total. The minimum Gasteiger partial charge on any atom is -0.300 e. The van der Waals surface area contributed by atoms with Crippen LogP contribution in [0.3, 0.4) is 0 Å². The second kappa shape index (κ2) is 5.72. The van der Waals surface area contributed by atoms with Crippen molar-refractivity contribution in [1.82, 2.24) is 10.2 Å². The van der Waals surface area contributed by atoms with Gasteiger partial charge in [-0.05, 0) is 12.8 Å². The van der Waals surface area contributed by atoms with Crippen molar-refractivity contribution in [3.63, 3.8) is 0 Å². The largest absolute Gasteiger partial charge is 0.390 e. The van der Waals surface area contributed by atoms with E-state index < -0.39 is 23.9 Å². The van der Waals surface area contributed by atoms with Crippen LogP contribution in [0.15, 0.2) is 17.0 Å². The molecule has 0 spiro atoms. The molecule has 0 atom stereocenters. The van der Waals surface area contributed by atoms with E-state index in [1.165, 1.54) is 11.8 Å². The third-order valence-corrected chi connectivity index (χ3v) is 4.79. The molecule has 0 aliphatic heterocycles. The Bertz CT molecular complexity index is 511. The van der Waals surface area contributed by atoms with Gasteiger partial charge < -0.3 is 5.32 Å². The fraction of sp³-hybridized carbons (Fsp3) is 0.545. The molecule has 0 bridgehead atoms. The number of hydrogen-bond donors (Lipinski definition) is 1. The summed E-state index contributed by atoms with van der Waals surface area (Å²) in [5.41, 5.74) is -1.31. The molecular weight excluding hydrogens is 311 g/mol. The monoisotopic (exact) mass is 323 g/mol. The predicted molar refractivity (Wildman–Crippen MR) is 71.8 cm³/mol. The molecule has 0 radical (unpaired) electrons. The number of anilines is 1. The molecule has 1 saturated carbocycles. The predicted octanol–water partition coefficient (Wildman–Crippen LogP) is 3.49. The van der Waals surface area contributed by atoms with Gasteiger partial charge in [-0.25, -0.2) is 0 Å². The van der Waals surface area contributed by atoms with Crippen LogP contribution >= 0.6 is 23.1 Å². The lowest BCUT2D eigenvalue weighted by Crippen LogP contribution is -2.29. The van der Waals surface area contributed by atoms with Crippen molar-refractivity contribution in [3.05, 3.63) is 12.7 Å². The molecule has 1 aliphatic rings. The number of nitrogens with one attached hydrogen (secondary N) is 1. The first kappa shape index (κ1) is 15.3. The van der Waals surface area contributed by atoms with Crippen molar-refractivity contribution in [1.29, 1.82) is 0 Å². The van der Waals surface area contributed by atoms with Crippen LogP contribution in [0.2, 0.25) is 0 Å². The third-order valence-electron chi connectivity index (χ3n) is 2.83. The maximum Gasteiger partial charge on any atom is 0.390 e. The highest BCUT2D eigenvalue weighted by molar-refractivity contribution is 8.01. The van der Waals surface area contributed by atoms with Gasteiger partial charge in [-0.2, -0.15) is 13.2 Å². The zero-order chi connectivity index (χ0) is 14.8. The molecule has 1 N–H and O–H groups in total. The molecule has 0 aromatic carbocycles. The molecule has 0 saturated heterocycles. The van der Waals surface area contributed by atoms with Crippen molar-refractivity contribution < 1.29 is 18.0 Å². The van der Waals surface area contributed by atoms with Crippen molar-refractivity contribution in [2.75, 3.05) is 11.1 Å². The van der Waals surface area contributed by atoms with Gasteiger partial charge in [0.05, 0.1) is 11.8 Å². The molecule has 1 aromatic heterocycles. The molecule has 1 fully saturated rings. The van der Waals surface area contributed by atoms with E-state index in [2.05, 4.69) is 22.1 Å². The summed E-state index contributed by atoms with van der Waals surface area (Å²) in [6.45, 7) is 3.56. The fourth-order valence-corrected chi connectivity index (χ4v) is 3.21. The number of carbonyl (C=O) groups is 1. The average molecular weight is 323 g/mol. The second-order valence-electron chi connectivity index (χ2n) is 4.50. The molecule has 1 amide bonds. The number of amides is 1. The molecule has 1 aromatic rings. The van der Waals surface area contributed by atoms with E-state index in [1.807, 2.05) is 0 Å². The van der Waals surface area contributed by atoms with Gasteiger partial charge in [0, 0.05) is 5.75 Å². The number of carbonyl (C=O) groups excluding carboxylic acids is 1. The van der Waals surface area contributed by atoms with E-state index in [0.29, 0.717) is 10.1 Å². The van der Waals surface area contributed by atoms with Gasteiger partial charge in [0.15, 0.2) is 4.34 Å². The Morgan fingerprint density at radius 1 is 1.50 bits per heavy atom. The lowest BCUT2D eigenvalue weighted by molar-refractivity contribution is -0.155. The number of hydrogen-bond acceptors (Lipinski definition) is 5. The Balaban J connectivity index is 1.94. The lowest BCUT2D eigenvalue weighted by Gasteiger charge is -2.15. The van der Waals surface area contributed by atoms with Crippen molar-refractivity contribution in [2.45, 2.75) is 29.8 Å². The van der Waals surface area contributed by atoms with E-state index in [9.17, 15) is 18.0 Å². The van der Waals surface area contributed by atoms with Crippen LogP contribution in [-0.2, 0) is 4.79 Å². The van der Waals surface area contributed by atoms with Gasteiger partial charge in [0.2, 0.25) is 11.0 Å². The molecule has 1 heterocycles. The number of rotatable bonds is 6. The molecule has 110 valence electrons. The second-order valence-corrected chi connectivity index (χ2v) is 6.74. The number of alkyl halides is 3. The highest BCUT2D eigenvalue weighted by Gasteiger charge is 2.56. The van der Waals surface area contributed by atoms with Gasteiger partial charge in [-0.15, -0.1) is 16.8 Å². The summed E-state index contributed by atoms with van der Waals surface area (Å²) in [4.78, 5) is 11.9. The Morgan fingerprint density at radius 2 is 2.20 bits per heavy atom. The van der Waals surface area contributed by atoms with E-state index in [1.54, 1.807) is 6.08 Å². The highest BCUT2D eigenvalue weighted by atomic mass is 32.2. The maximum atomic E-state index is 12.4. The normalized spacial score (nSPS) is 16.8. The topological polar surface area (TPSA) is 54.9 Å². The highest BCUT2D eigenvalue weighted by Crippen LogP contribution is 2.53. The standard InChI is InChI=1S/C11H12F3N3OS2/c1-2-5-19-9-17-16-8(20-9)15-7(18)10(3-4-10)6-11(12,13)14/h2H,1,3-6H2,(H,15,16,18).